The molecule has 5 rings (SSSR count). The van der Waals surface area contributed by atoms with Gasteiger partial charge in [-0.3, -0.25) is 9.63 Å². The molecule has 2 heterocycles. The second-order valence-electron chi connectivity index (χ2n) is 13.0. The van der Waals surface area contributed by atoms with Crippen LogP contribution in [-0.4, -0.2) is 61.0 Å². The van der Waals surface area contributed by atoms with Crippen molar-refractivity contribution in [2.24, 2.45) is 41.4 Å². The van der Waals surface area contributed by atoms with E-state index in [4.69, 9.17) is 4.84 Å². The fraction of sp³-hybridized carbons (Fsp3) is 0.903. The summed E-state index contributed by atoms with van der Waals surface area (Å²) < 4.78 is 0. The van der Waals surface area contributed by atoms with Gasteiger partial charge >= 0.3 is 0 Å². The Bertz CT molecular complexity index is 793. The lowest BCUT2D eigenvalue weighted by atomic mass is 9.79. The first-order valence-electron chi connectivity index (χ1n) is 15.6. The van der Waals surface area contributed by atoms with Crippen molar-refractivity contribution in [3.8, 4) is 11.8 Å². The predicted molar refractivity (Wildman–Crippen MR) is 146 cm³/mol. The van der Waals surface area contributed by atoms with Crippen molar-refractivity contribution in [3.05, 3.63) is 0 Å². The van der Waals surface area contributed by atoms with Crippen LogP contribution in [0, 0.1) is 53.3 Å². The lowest BCUT2D eigenvalue weighted by Crippen LogP contribution is -2.48. The molecule has 2 aliphatic heterocycles. The number of rotatable bonds is 7. The fourth-order valence-corrected chi connectivity index (χ4v) is 7.88. The van der Waals surface area contributed by atoms with Crippen LogP contribution in [0.25, 0.3) is 0 Å². The molecule has 5 atom stereocenters. The van der Waals surface area contributed by atoms with Crippen molar-refractivity contribution >= 4 is 5.91 Å². The first-order chi connectivity index (χ1) is 18.1. The zero-order chi connectivity index (χ0) is 25.6. The molecule has 37 heavy (non-hydrogen) atoms. The summed E-state index contributed by atoms with van der Waals surface area (Å²) in [7, 11) is 0. The normalized spacial score (nSPS) is 40.5. The fourth-order valence-electron chi connectivity index (χ4n) is 7.88. The van der Waals surface area contributed by atoms with Crippen molar-refractivity contribution < 1.29 is 14.7 Å². The number of carbonyl (C=O) groups excluding carboxylic acids is 1. The molecule has 6 nitrogen and oxygen atoms in total. The van der Waals surface area contributed by atoms with Crippen LogP contribution < -0.4 is 10.6 Å². The van der Waals surface area contributed by atoms with Crippen LogP contribution in [0.5, 0.6) is 0 Å². The van der Waals surface area contributed by atoms with E-state index in [1.807, 2.05) is 5.06 Å². The number of nitrogens with one attached hydrogen (secondary N) is 2. The Kier molecular flexibility index (Phi) is 9.85. The van der Waals surface area contributed by atoms with E-state index in [0.29, 0.717) is 36.3 Å². The van der Waals surface area contributed by atoms with Gasteiger partial charge in [-0.2, -0.15) is 5.06 Å². The molecule has 5 fully saturated rings. The number of aliphatic hydroxyl groups is 1. The highest BCUT2D eigenvalue weighted by atomic mass is 16.7. The molecule has 0 aromatic rings. The van der Waals surface area contributed by atoms with Gasteiger partial charge in [0.2, 0.25) is 5.91 Å². The molecule has 0 aromatic heterocycles. The van der Waals surface area contributed by atoms with Crippen molar-refractivity contribution in [1.82, 2.24) is 15.7 Å². The third-order valence-corrected chi connectivity index (χ3v) is 10.4. The Balaban J connectivity index is 1.05. The number of carbonyl (C=O) groups is 1. The van der Waals surface area contributed by atoms with Gasteiger partial charge in [-0.05, 0) is 101 Å². The molecule has 0 spiro atoms. The quantitative estimate of drug-likeness (QED) is 0.447. The van der Waals surface area contributed by atoms with E-state index in [9.17, 15) is 9.90 Å². The van der Waals surface area contributed by atoms with Crippen LogP contribution in [0.1, 0.15) is 90.4 Å². The monoisotopic (exact) mass is 513 g/mol. The van der Waals surface area contributed by atoms with E-state index in [0.717, 1.165) is 63.6 Å². The maximum Gasteiger partial charge on any atom is 0.240 e. The van der Waals surface area contributed by atoms with Crippen molar-refractivity contribution in [1.29, 1.82) is 0 Å². The molecule has 3 aliphatic carbocycles. The lowest BCUT2D eigenvalue weighted by molar-refractivity contribution is -0.158. The number of amides is 1. The minimum Gasteiger partial charge on any atom is -0.396 e. The van der Waals surface area contributed by atoms with E-state index < -0.39 is 0 Å². The van der Waals surface area contributed by atoms with E-state index in [1.165, 1.54) is 51.4 Å². The van der Waals surface area contributed by atoms with Gasteiger partial charge in [0.25, 0.3) is 0 Å². The van der Waals surface area contributed by atoms with Gasteiger partial charge in [-0.1, -0.05) is 31.6 Å². The SMILES string of the molecule is CC1CCC(C#CC2CCC(CN3OCC(CO)C3C(=O)NCCC3CNC4CCCCC34)CC2)CC1. The molecule has 6 heteroatoms. The number of hydrogen-bond donors (Lipinski definition) is 3. The first-order valence-corrected chi connectivity index (χ1v) is 15.6. The van der Waals surface area contributed by atoms with Crippen LogP contribution in [0.4, 0.5) is 0 Å². The summed E-state index contributed by atoms with van der Waals surface area (Å²) in [4.78, 5) is 19.2. The molecule has 0 aromatic carbocycles. The van der Waals surface area contributed by atoms with Crippen LogP contribution in [-0.2, 0) is 9.63 Å². The Morgan fingerprint density at radius 2 is 1.68 bits per heavy atom. The minimum absolute atomic E-state index is 0.00679. The second kappa shape index (κ2) is 13.3. The third kappa shape index (κ3) is 7.10. The molecule has 1 amide bonds. The highest BCUT2D eigenvalue weighted by molar-refractivity contribution is 5.82. The highest BCUT2D eigenvalue weighted by Crippen LogP contribution is 2.36. The van der Waals surface area contributed by atoms with Crippen molar-refractivity contribution in [3.63, 3.8) is 0 Å². The van der Waals surface area contributed by atoms with Crippen molar-refractivity contribution in [2.45, 2.75) is 102 Å². The number of hydrogen-bond acceptors (Lipinski definition) is 5. The Morgan fingerprint density at radius 3 is 2.41 bits per heavy atom. The summed E-state index contributed by atoms with van der Waals surface area (Å²) in [5, 5.41) is 18.8. The summed E-state index contributed by atoms with van der Waals surface area (Å²) in [5.74, 6) is 11.2. The van der Waals surface area contributed by atoms with E-state index in [2.05, 4.69) is 29.4 Å². The molecular formula is C31H51N3O3. The molecule has 208 valence electrons. The van der Waals surface area contributed by atoms with E-state index in [1.54, 1.807) is 0 Å². The zero-order valence-electron chi connectivity index (χ0n) is 23.1. The average Bonchev–Trinajstić information content (AvgIpc) is 3.53. The Labute approximate surface area is 225 Å². The summed E-state index contributed by atoms with van der Waals surface area (Å²) in [6.07, 6.45) is 16.3. The standard InChI is InChI=1S/C31H51N3O3/c1-22-6-8-23(9-7-22)10-11-24-12-14-25(15-13-24)19-34-30(27(20-35)21-37-34)31(36)32-17-16-26-18-33-29-5-3-2-4-28(26)29/h22-30,33,35H,2-9,12-21H2,1H3,(H,32,36). The van der Waals surface area contributed by atoms with Gasteiger partial charge in [0.15, 0.2) is 0 Å². The highest BCUT2D eigenvalue weighted by Gasteiger charge is 2.42. The smallest absolute Gasteiger partial charge is 0.240 e. The van der Waals surface area contributed by atoms with Crippen LogP contribution in [0.3, 0.4) is 0 Å². The predicted octanol–water partition coefficient (Wildman–Crippen LogP) is 4.13. The van der Waals surface area contributed by atoms with Gasteiger partial charge in [0.05, 0.1) is 13.2 Å². The molecule has 3 saturated carbocycles. The number of nitrogens with zero attached hydrogens (tertiary/aromatic N) is 1. The van der Waals surface area contributed by atoms with Crippen molar-refractivity contribution in [2.75, 3.05) is 32.8 Å². The minimum atomic E-state index is -0.375. The first kappa shape index (κ1) is 27.4. The summed E-state index contributed by atoms with van der Waals surface area (Å²) >= 11 is 0. The number of hydroxylamine groups is 2. The molecule has 2 saturated heterocycles. The van der Waals surface area contributed by atoms with E-state index in [-0.39, 0.29) is 24.5 Å². The van der Waals surface area contributed by atoms with E-state index >= 15 is 0 Å². The Morgan fingerprint density at radius 1 is 0.973 bits per heavy atom. The lowest BCUT2D eigenvalue weighted by Gasteiger charge is -2.32. The van der Waals surface area contributed by atoms with Gasteiger partial charge in [-0.15, -0.1) is 0 Å². The van der Waals surface area contributed by atoms with Crippen LogP contribution >= 0.6 is 0 Å². The second-order valence-corrected chi connectivity index (χ2v) is 13.0. The molecule has 0 radical (unpaired) electrons. The van der Waals surface area contributed by atoms with Gasteiger partial charge in [0.1, 0.15) is 6.04 Å². The Hall–Kier alpha value is -1.13. The zero-order valence-corrected chi connectivity index (χ0v) is 23.1. The van der Waals surface area contributed by atoms with Gasteiger partial charge in [-0.25, -0.2) is 0 Å². The summed E-state index contributed by atoms with van der Waals surface area (Å²) in [6.45, 7) is 5.40. The third-order valence-electron chi connectivity index (χ3n) is 10.4. The molecule has 5 aliphatic rings. The average molecular weight is 514 g/mol. The van der Waals surface area contributed by atoms with Gasteiger partial charge < -0.3 is 15.7 Å². The maximum absolute atomic E-state index is 13.3. The molecule has 3 N–H and O–H groups in total. The maximum atomic E-state index is 13.3. The largest absolute Gasteiger partial charge is 0.396 e. The van der Waals surface area contributed by atoms with Crippen LogP contribution in [0.15, 0.2) is 0 Å². The number of fused-ring (bicyclic) bond motifs is 1. The number of aliphatic hydroxyl groups excluding tert-OH is 1. The van der Waals surface area contributed by atoms with Crippen LogP contribution in [0.2, 0.25) is 0 Å². The summed E-state index contributed by atoms with van der Waals surface area (Å²) in [5.41, 5.74) is 0. The van der Waals surface area contributed by atoms with Gasteiger partial charge in [0, 0.05) is 36.9 Å². The summed E-state index contributed by atoms with van der Waals surface area (Å²) in [6, 6.07) is 0.324. The molecule has 0 bridgehead atoms. The molecular weight excluding hydrogens is 462 g/mol. The molecule has 5 unspecified atom stereocenters. The topological polar surface area (TPSA) is 73.8 Å².